The van der Waals surface area contributed by atoms with Gasteiger partial charge >= 0.3 is 0 Å². The molecule has 2 nitrogen and oxygen atoms in total. The van der Waals surface area contributed by atoms with Crippen molar-refractivity contribution in [2.45, 2.75) is 53.5 Å². The van der Waals surface area contributed by atoms with E-state index in [2.05, 4.69) is 62.4 Å². The molecule has 114 valence electrons. The van der Waals surface area contributed by atoms with Gasteiger partial charge in [-0.25, -0.2) is 4.98 Å². The van der Waals surface area contributed by atoms with Gasteiger partial charge in [-0.2, -0.15) is 0 Å². The standard InChI is InChI=1S/C18H26N2S/c1-6-7-19-18(10-16-11-21-15(5)20-16)17-9-13(3)12(2)8-14(17)4/h8-9,11,18-19H,6-7,10H2,1-5H3. The van der Waals surface area contributed by atoms with Crippen LogP contribution in [0.3, 0.4) is 0 Å². The third kappa shape index (κ3) is 4.14. The Labute approximate surface area is 132 Å². The second kappa shape index (κ2) is 7.19. The van der Waals surface area contributed by atoms with Crippen LogP contribution in [0.15, 0.2) is 17.5 Å². The van der Waals surface area contributed by atoms with Gasteiger partial charge in [-0.05, 0) is 62.9 Å². The van der Waals surface area contributed by atoms with E-state index in [-0.39, 0.29) is 0 Å². The fourth-order valence-electron chi connectivity index (χ4n) is 2.68. The fourth-order valence-corrected chi connectivity index (χ4v) is 3.31. The lowest BCUT2D eigenvalue weighted by molar-refractivity contribution is 0.522. The van der Waals surface area contributed by atoms with Crippen molar-refractivity contribution in [3.05, 3.63) is 50.5 Å². The van der Waals surface area contributed by atoms with Crippen LogP contribution < -0.4 is 5.32 Å². The highest BCUT2D eigenvalue weighted by atomic mass is 32.1. The number of benzene rings is 1. The van der Waals surface area contributed by atoms with Gasteiger partial charge in [-0.1, -0.05) is 19.1 Å². The molecular formula is C18H26N2S. The van der Waals surface area contributed by atoms with Crippen molar-refractivity contribution in [3.8, 4) is 0 Å². The quantitative estimate of drug-likeness (QED) is 0.839. The van der Waals surface area contributed by atoms with Crippen molar-refractivity contribution < 1.29 is 0 Å². The summed E-state index contributed by atoms with van der Waals surface area (Å²) in [6.07, 6.45) is 2.12. The average molecular weight is 302 g/mol. The van der Waals surface area contributed by atoms with Gasteiger partial charge in [0.2, 0.25) is 0 Å². The van der Waals surface area contributed by atoms with E-state index in [4.69, 9.17) is 0 Å². The Hall–Kier alpha value is -1.19. The van der Waals surface area contributed by atoms with Crippen LogP contribution >= 0.6 is 11.3 Å². The molecule has 2 rings (SSSR count). The van der Waals surface area contributed by atoms with Crippen LogP contribution in [-0.4, -0.2) is 11.5 Å². The normalized spacial score (nSPS) is 12.6. The molecule has 0 fully saturated rings. The summed E-state index contributed by atoms with van der Waals surface area (Å²) in [6, 6.07) is 5.00. The maximum absolute atomic E-state index is 4.63. The molecule has 0 aliphatic rings. The first-order chi connectivity index (χ1) is 10.0. The Kier molecular flexibility index (Phi) is 5.54. The predicted molar refractivity (Wildman–Crippen MR) is 92.2 cm³/mol. The maximum atomic E-state index is 4.63. The molecular weight excluding hydrogens is 276 g/mol. The zero-order valence-corrected chi connectivity index (χ0v) is 14.6. The summed E-state index contributed by atoms with van der Waals surface area (Å²) in [5, 5.41) is 7.03. The molecule has 0 saturated heterocycles. The Morgan fingerprint density at radius 3 is 2.43 bits per heavy atom. The molecule has 3 heteroatoms. The molecule has 1 heterocycles. The molecule has 21 heavy (non-hydrogen) atoms. The zero-order chi connectivity index (χ0) is 15.4. The first-order valence-corrected chi connectivity index (χ1v) is 8.61. The number of thiazole rings is 1. The first-order valence-electron chi connectivity index (χ1n) is 7.73. The number of hydrogen-bond acceptors (Lipinski definition) is 3. The van der Waals surface area contributed by atoms with Crippen LogP contribution in [0.1, 0.15) is 52.3 Å². The van der Waals surface area contributed by atoms with Gasteiger partial charge in [-0.15, -0.1) is 11.3 Å². The lowest BCUT2D eigenvalue weighted by atomic mass is 9.93. The molecule has 0 bridgehead atoms. The number of nitrogens with zero attached hydrogens (tertiary/aromatic N) is 1. The van der Waals surface area contributed by atoms with Crippen molar-refractivity contribution in [1.29, 1.82) is 0 Å². The van der Waals surface area contributed by atoms with Crippen molar-refractivity contribution >= 4 is 11.3 Å². The molecule has 1 aromatic carbocycles. The fraction of sp³-hybridized carbons (Fsp3) is 0.500. The minimum atomic E-state index is 0.353. The largest absolute Gasteiger partial charge is 0.310 e. The van der Waals surface area contributed by atoms with Crippen LogP contribution in [0.25, 0.3) is 0 Å². The highest BCUT2D eigenvalue weighted by molar-refractivity contribution is 7.09. The number of aryl methyl sites for hydroxylation is 4. The molecule has 0 spiro atoms. The Morgan fingerprint density at radius 1 is 1.10 bits per heavy atom. The van der Waals surface area contributed by atoms with Crippen molar-refractivity contribution in [3.63, 3.8) is 0 Å². The maximum Gasteiger partial charge on any atom is 0.0897 e. The lowest BCUT2D eigenvalue weighted by Crippen LogP contribution is -2.25. The minimum absolute atomic E-state index is 0.353. The Bertz CT molecular complexity index is 601. The monoisotopic (exact) mass is 302 g/mol. The molecule has 1 N–H and O–H groups in total. The smallest absolute Gasteiger partial charge is 0.0897 e. The SMILES string of the molecule is CCCNC(Cc1csc(C)n1)c1cc(C)c(C)cc1C. The number of aromatic nitrogens is 1. The van der Waals surface area contributed by atoms with Crippen LogP contribution in [0.4, 0.5) is 0 Å². The van der Waals surface area contributed by atoms with Gasteiger partial charge in [0.15, 0.2) is 0 Å². The third-order valence-corrected chi connectivity index (χ3v) is 4.80. The summed E-state index contributed by atoms with van der Waals surface area (Å²) in [5.41, 5.74) is 6.72. The highest BCUT2D eigenvalue weighted by Crippen LogP contribution is 2.25. The number of hydrogen-bond donors (Lipinski definition) is 1. The van der Waals surface area contributed by atoms with Crippen molar-refractivity contribution in [2.24, 2.45) is 0 Å². The average Bonchev–Trinajstić information content (AvgIpc) is 2.84. The molecule has 2 aromatic rings. The minimum Gasteiger partial charge on any atom is -0.310 e. The van der Waals surface area contributed by atoms with Gasteiger partial charge in [0, 0.05) is 17.8 Å². The van der Waals surface area contributed by atoms with Crippen LogP contribution in [0.5, 0.6) is 0 Å². The summed E-state index contributed by atoms with van der Waals surface area (Å²) in [5.74, 6) is 0. The van der Waals surface area contributed by atoms with Gasteiger partial charge in [0.1, 0.15) is 0 Å². The summed E-state index contributed by atoms with van der Waals surface area (Å²) in [7, 11) is 0. The summed E-state index contributed by atoms with van der Waals surface area (Å²) in [6.45, 7) is 11.9. The molecule has 1 aromatic heterocycles. The van der Waals surface area contributed by atoms with E-state index in [1.165, 1.54) is 27.9 Å². The number of nitrogens with one attached hydrogen (secondary N) is 1. The van der Waals surface area contributed by atoms with Gasteiger partial charge < -0.3 is 5.32 Å². The molecule has 1 atom stereocenters. The number of rotatable bonds is 6. The predicted octanol–water partition coefficient (Wildman–Crippen LogP) is 4.66. The summed E-state index contributed by atoms with van der Waals surface area (Å²) < 4.78 is 0. The van der Waals surface area contributed by atoms with E-state index in [0.29, 0.717) is 6.04 Å². The Morgan fingerprint density at radius 2 is 1.81 bits per heavy atom. The second-order valence-corrected chi connectivity index (χ2v) is 6.92. The Balaban J connectivity index is 2.28. The molecule has 0 aliphatic heterocycles. The van der Waals surface area contributed by atoms with Gasteiger partial charge in [0.05, 0.1) is 10.7 Å². The van der Waals surface area contributed by atoms with Crippen molar-refractivity contribution in [1.82, 2.24) is 10.3 Å². The van der Waals surface area contributed by atoms with E-state index in [1.807, 2.05) is 0 Å². The topological polar surface area (TPSA) is 24.9 Å². The highest BCUT2D eigenvalue weighted by Gasteiger charge is 2.16. The van der Waals surface area contributed by atoms with E-state index in [1.54, 1.807) is 11.3 Å². The first kappa shape index (κ1) is 16.2. The molecule has 0 amide bonds. The van der Waals surface area contributed by atoms with Gasteiger partial charge in [0.25, 0.3) is 0 Å². The molecule has 0 aliphatic carbocycles. The van der Waals surface area contributed by atoms with Crippen LogP contribution in [0.2, 0.25) is 0 Å². The van der Waals surface area contributed by atoms with Gasteiger partial charge in [-0.3, -0.25) is 0 Å². The van der Waals surface area contributed by atoms with Crippen LogP contribution in [-0.2, 0) is 6.42 Å². The zero-order valence-electron chi connectivity index (χ0n) is 13.8. The second-order valence-electron chi connectivity index (χ2n) is 5.86. The molecule has 0 radical (unpaired) electrons. The lowest BCUT2D eigenvalue weighted by Gasteiger charge is -2.21. The van der Waals surface area contributed by atoms with E-state index >= 15 is 0 Å². The molecule has 1 unspecified atom stereocenters. The molecule has 0 saturated carbocycles. The van der Waals surface area contributed by atoms with E-state index in [0.717, 1.165) is 24.4 Å². The van der Waals surface area contributed by atoms with E-state index < -0.39 is 0 Å². The summed E-state index contributed by atoms with van der Waals surface area (Å²) in [4.78, 5) is 4.63. The van der Waals surface area contributed by atoms with Crippen LogP contribution in [0, 0.1) is 27.7 Å². The summed E-state index contributed by atoms with van der Waals surface area (Å²) >= 11 is 1.74. The third-order valence-electron chi connectivity index (χ3n) is 3.98. The van der Waals surface area contributed by atoms with Crippen molar-refractivity contribution in [2.75, 3.05) is 6.54 Å². The van der Waals surface area contributed by atoms with E-state index in [9.17, 15) is 0 Å².